The Balaban J connectivity index is 1.37. The van der Waals surface area contributed by atoms with Gasteiger partial charge in [-0.1, -0.05) is 55.3 Å². The second-order valence-corrected chi connectivity index (χ2v) is 10.6. The predicted octanol–water partition coefficient (Wildman–Crippen LogP) is 5.46. The third kappa shape index (κ3) is 4.96. The van der Waals surface area contributed by atoms with Gasteiger partial charge in [-0.3, -0.25) is 4.79 Å². The first kappa shape index (κ1) is 24.7. The van der Waals surface area contributed by atoms with E-state index in [1.807, 2.05) is 41.3 Å². The molecule has 3 aromatic rings. The van der Waals surface area contributed by atoms with Crippen LogP contribution in [0.3, 0.4) is 0 Å². The number of ether oxygens (including phenoxy) is 2. The first-order valence-electron chi connectivity index (χ1n) is 12.8. The molecule has 2 heterocycles. The quantitative estimate of drug-likeness (QED) is 0.378. The molecule has 7 nitrogen and oxygen atoms in total. The zero-order chi connectivity index (χ0) is 25.1. The Hall–Kier alpha value is -3.00. The summed E-state index contributed by atoms with van der Waals surface area (Å²) in [6.45, 7) is 2.12. The van der Waals surface area contributed by atoms with E-state index in [1.54, 1.807) is 14.2 Å². The molecule has 1 aromatic heterocycles. The van der Waals surface area contributed by atoms with Crippen LogP contribution >= 0.6 is 11.8 Å². The topological polar surface area (TPSA) is 69.5 Å². The largest absolute Gasteiger partial charge is 0.493 e. The molecule has 1 aliphatic heterocycles. The molecule has 190 valence electrons. The summed E-state index contributed by atoms with van der Waals surface area (Å²) in [5.41, 5.74) is 3.37. The fraction of sp³-hybridized carbons (Fsp3) is 0.464. The average molecular weight is 507 g/mol. The lowest BCUT2D eigenvalue weighted by atomic mass is 9.95. The number of hydrogen-bond donors (Lipinski definition) is 0. The second kappa shape index (κ2) is 10.9. The van der Waals surface area contributed by atoms with Crippen molar-refractivity contribution >= 4 is 23.4 Å². The summed E-state index contributed by atoms with van der Waals surface area (Å²) in [6.07, 6.45) is 7.49. The van der Waals surface area contributed by atoms with E-state index in [2.05, 4.69) is 27.8 Å². The third-order valence-electron chi connectivity index (χ3n) is 7.29. The minimum absolute atomic E-state index is 0.122. The molecule has 5 rings (SSSR count). The van der Waals surface area contributed by atoms with Gasteiger partial charge in [0.2, 0.25) is 5.91 Å². The summed E-state index contributed by atoms with van der Waals surface area (Å²) in [5.74, 6) is 2.82. The van der Waals surface area contributed by atoms with Crippen molar-refractivity contribution in [3.05, 3.63) is 59.4 Å². The molecule has 0 unspecified atom stereocenters. The van der Waals surface area contributed by atoms with Crippen LogP contribution in [-0.2, 0) is 17.6 Å². The maximum atomic E-state index is 13.3. The van der Waals surface area contributed by atoms with Gasteiger partial charge in [-0.05, 0) is 55.5 Å². The molecule has 1 atom stereocenters. The number of carbonyl (C=O) groups is 1. The van der Waals surface area contributed by atoms with Gasteiger partial charge in [-0.25, -0.2) is 0 Å². The van der Waals surface area contributed by atoms with Crippen molar-refractivity contribution in [3.63, 3.8) is 0 Å². The van der Waals surface area contributed by atoms with Crippen LogP contribution in [0.5, 0.6) is 11.5 Å². The number of thioether (sulfide) groups is 1. The van der Waals surface area contributed by atoms with Crippen molar-refractivity contribution in [2.24, 2.45) is 0 Å². The van der Waals surface area contributed by atoms with Gasteiger partial charge in [0.05, 0.1) is 20.0 Å². The first-order valence-corrected chi connectivity index (χ1v) is 13.7. The Kier molecular flexibility index (Phi) is 7.51. The van der Waals surface area contributed by atoms with Gasteiger partial charge in [0.25, 0.3) is 0 Å². The lowest BCUT2D eigenvalue weighted by Gasteiger charge is -2.26. The zero-order valence-electron chi connectivity index (χ0n) is 21.3. The SMILES string of the molecule is COc1ccc(Cc2nnc(SCC(=O)N3c4ccccc4C[C@H]3C)n2C2CCCCC2)cc1OC. The second-order valence-electron chi connectivity index (χ2n) is 9.66. The van der Waals surface area contributed by atoms with Gasteiger partial charge < -0.3 is 18.9 Å². The molecule has 0 spiro atoms. The number of rotatable bonds is 8. The normalized spacial score (nSPS) is 17.8. The van der Waals surface area contributed by atoms with Crippen LogP contribution in [0.4, 0.5) is 5.69 Å². The number of methoxy groups -OCH3 is 2. The van der Waals surface area contributed by atoms with Gasteiger partial charge in [-0.2, -0.15) is 0 Å². The summed E-state index contributed by atoms with van der Waals surface area (Å²) in [7, 11) is 3.29. The minimum atomic E-state index is 0.122. The highest BCUT2D eigenvalue weighted by molar-refractivity contribution is 7.99. The standard InChI is InChI=1S/C28H34N4O3S/c1-19-15-21-9-7-8-12-23(21)31(19)27(33)18-36-28-30-29-26(32(28)22-10-5-4-6-11-22)17-20-13-14-24(34-2)25(16-20)35-3/h7-9,12-14,16,19,22H,4-6,10-11,15,17-18H2,1-3H3/t19-/m1/s1. The third-order valence-corrected chi connectivity index (χ3v) is 8.21. The molecule has 8 heteroatoms. The van der Waals surface area contributed by atoms with Crippen LogP contribution in [0, 0.1) is 0 Å². The van der Waals surface area contributed by atoms with Crippen LogP contribution in [0.25, 0.3) is 0 Å². The van der Waals surface area contributed by atoms with E-state index in [0.29, 0.717) is 29.7 Å². The first-order chi connectivity index (χ1) is 17.6. The number of anilines is 1. The van der Waals surface area contributed by atoms with Crippen LogP contribution in [0.2, 0.25) is 0 Å². The molecule has 0 bridgehead atoms. The van der Waals surface area contributed by atoms with Crippen molar-refractivity contribution in [2.75, 3.05) is 24.9 Å². The summed E-state index contributed by atoms with van der Waals surface area (Å²) in [4.78, 5) is 15.3. The number of amides is 1. The highest BCUT2D eigenvalue weighted by Crippen LogP contribution is 2.36. The molecular weight excluding hydrogens is 472 g/mol. The molecule has 2 aliphatic rings. The molecular formula is C28H34N4O3S. The van der Waals surface area contributed by atoms with Gasteiger partial charge in [0, 0.05) is 24.2 Å². The highest BCUT2D eigenvalue weighted by Gasteiger charge is 2.31. The van der Waals surface area contributed by atoms with Crippen LogP contribution in [-0.4, -0.2) is 46.7 Å². The number of benzene rings is 2. The number of nitrogens with zero attached hydrogens (tertiary/aromatic N) is 4. The number of fused-ring (bicyclic) bond motifs is 1. The van der Waals surface area contributed by atoms with Crippen molar-refractivity contribution in [1.82, 2.24) is 14.8 Å². The molecule has 0 saturated heterocycles. The van der Waals surface area contributed by atoms with E-state index < -0.39 is 0 Å². The van der Waals surface area contributed by atoms with Crippen LogP contribution < -0.4 is 14.4 Å². The Labute approximate surface area is 217 Å². The summed E-state index contributed by atoms with van der Waals surface area (Å²) in [5, 5.41) is 10.0. The lowest BCUT2D eigenvalue weighted by Crippen LogP contribution is -2.37. The van der Waals surface area contributed by atoms with Gasteiger partial charge in [0.15, 0.2) is 16.7 Å². The Morgan fingerprint density at radius 1 is 1.03 bits per heavy atom. The predicted molar refractivity (Wildman–Crippen MR) is 142 cm³/mol. The molecule has 36 heavy (non-hydrogen) atoms. The van der Waals surface area contributed by atoms with E-state index >= 15 is 0 Å². The fourth-order valence-corrected chi connectivity index (χ4v) is 6.43. The minimum Gasteiger partial charge on any atom is -0.493 e. The van der Waals surface area contributed by atoms with E-state index in [9.17, 15) is 4.79 Å². The monoisotopic (exact) mass is 506 g/mol. The van der Waals surface area contributed by atoms with Crippen LogP contribution in [0.15, 0.2) is 47.6 Å². The highest BCUT2D eigenvalue weighted by atomic mass is 32.2. The van der Waals surface area contributed by atoms with Crippen molar-refractivity contribution in [3.8, 4) is 11.5 Å². The molecule has 0 radical (unpaired) electrons. The lowest BCUT2D eigenvalue weighted by molar-refractivity contribution is -0.116. The summed E-state index contributed by atoms with van der Waals surface area (Å²) < 4.78 is 13.2. The van der Waals surface area contributed by atoms with E-state index in [1.165, 1.54) is 36.6 Å². The number of hydrogen-bond acceptors (Lipinski definition) is 6. The fourth-order valence-electron chi connectivity index (χ4n) is 5.55. The maximum absolute atomic E-state index is 13.3. The Bertz CT molecular complexity index is 1220. The molecule has 1 aliphatic carbocycles. The molecule has 0 N–H and O–H groups in total. The van der Waals surface area contributed by atoms with Crippen LogP contribution in [0.1, 0.15) is 62.0 Å². The van der Waals surface area contributed by atoms with Gasteiger partial charge in [0.1, 0.15) is 5.82 Å². The summed E-state index contributed by atoms with van der Waals surface area (Å²) in [6, 6.07) is 14.7. The van der Waals surface area contributed by atoms with Crippen molar-refractivity contribution in [1.29, 1.82) is 0 Å². The number of aromatic nitrogens is 3. The summed E-state index contributed by atoms with van der Waals surface area (Å²) >= 11 is 1.51. The van der Waals surface area contributed by atoms with Gasteiger partial charge >= 0.3 is 0 Å². The van der Waals surface area contributed by atoms with Crippen molar-refractivity contribution < 1.29 is 14.3 Å². The van der Waals surface area contributed by atoms with E-state index in [-0.39, 0.29) is 11.9 Å². The molecule has 1 amide bonds. The number of para-hydroxylation sites is 1. The maximum Gasteiger partial charge on any atom is 0.237 e. The van der Waals surface area contributed by atoms with E-state index in [4.69, 9.17) is 9.47 Å². The average Bonchev–Trinajstić information content (AvgIpc) is 3.47. The smallest absolute Gasteiger partial charge is 0.237 e. The molecule has 1 fully saturated rings. The Morgan fingerprint density at radius 3 is 2.58 bits per heavy atom. The van der Waals surface area contributed by atoms with Gasteiger partial charge in [-0.15, -0.1) is 10.2 Å². The molecule has 1 saturated carbocycles. The molecule has 2 aromatic carbocycles. The number of carbonyl (C=O) groups excluding carboxylic acids is 1. The van der Waals surface area contributed by atoms with Crippen molar-refractivity contribution in [2.45, 2.75) is 69.1 Å². The van der Waals surface area contributed by atoms with E-state index in [0.717, 1.165) is 41.5 Å². The zero-order valence-corrected chi connectivity index (χ0v) is 22.1. The Morgan fingerprint density at radius 2 is 1.81 bits per heavy atom.